The third-order valence-corrected chi connectivity index (χ3v) is 3.97. The van der Waals surface area contributed by atoms with Crippen molar-refractivity contribution in [3.8, 4) is 23.0 Å². The molecule has 0 amide bonds. The number of ether oxygens (including phenoxy) is 3. The molecule has 0 atom stereocenters. The minimum absolute atomic E-state index is 0.129. The number of nitrogens with zero attached hydrogens (tertiary/aromatic N) is 2. The molecule has 0 N–H and O–H groups in total. The van der Waals surface area contributed by atoms with Crippen LogP contribution in [0.4, 0.5) is 0 Å². The quantitative estimate of drug-likeness (QED) is 0.434. The van der Waals surface area contributed by atoms with E-state index in [1.165, 1.54) is 6.08 Å². The van der Waals surface area contributed by atoms with Gasteiger partial charge >= 0.3 is 5.97 Å². The smallest absolute Gasteiger partial charge is 0.331 e. The summed E-state index contributed by atoms with van der Waals surface area (Å²) in [5.74, 6) is 1.15. The molecule has 0 saturated carbocycles. The second kappa shape index (κ2) is 9.05. The SMILES string of the molecule is COc1ccc(/C=C/C(=O)OCc2nnc(-c3ccc(Cl)cc3)o2)cc1OC. The molecule has 144 valence electrons. The molecule has 3 aromatic rings. The van der Waals surface area contributed by atoms with E-state index in [-0.39, 0.29) is 12.5 Å². The summed E-state index contributed by atoms with van der Waals surface area (Å²) in [7, 11) is 3.10. The Balaban J connectivity index is 1.57. The third-order valence-electron chi connectivity index (χ3n) is 3.72. The predicted octanol–water partition coefficient (Wildman–Crippen LogP) is 4.16. The van der Waals surface area contributed by atoms with Gasteiger partial charge in [-0.05, 0) is 48.0 Å². The Morgan fingerprint density at radius 2 is 1.82 bits per heavy atom. The highest BCUT2D eigenvalue weighted by Crippen LogP contribution is 2.28. The lowest BCUT2D eigenvalue weighted by Crippen LogP contribution is -2.01. The van der Waals surface area contributed by atoms with Crippen LogP contribution in [0.15, 0.2) is 53.0 Å². The van der Waals surface area contributed by atoms with Crippen LogP contribution in [0.1, 0.15) is 11.5 Å². The maximum atomic E-state index is 11.9. The van der Waals surface area contributed by atoms with E-state index in [0.29, 0.717) is 22.4 Å². The van der Waals surface area contributed by atoms with Gasteiger partial charge in [0.15, 0.2) is 18.1 Å². The van der Waals surface area contributed by atoms with Crippen molar-refractivity contribution in [2.24, 2.45) is 0 Å². The van der Waals surface area contributed by atoms with Crippen molar-refractivity contribution in [3.63, 3.8) is 0 Å². The van der Waals surface area contributed by atoms with Gasteiger partial charge in [-0.25, -0.2) is 4.79 Å². The van der Waals surface area contributed by atoms with Crippen molar-refractivity contribution in [1.29, 1.82) is 0 Å². The Kier molecular flexibility index (Phi) is 6.29. The van der Waals surface area contributed by atoms with E-state index >= 15 is 0 Å². The van der Waals surface area contributed by atoms with Gasteiger partial charge in [0.25, 0.3) is 5.89 Å². The number of carbonyl (C=O) groups excluding carboxylic acids is 1. The van der Waals surface area contributed by atoms with Crippen molar-refractivity contribution in [2.45, 2.75) is 6.61 Å². The molecule has 0 spiro atoms. The maximum Gasteiger partial charge on any atom is 0.331 e. The minimum Gasteiger partial charge on any atom is -0.493 e. The molecular weight excluding hydrogens is 384 g/mol. The molecule has 0 unspecified atom stereocenters. The third kappa shape index (κ3) is 4.89. The van der Waals surface area contributed by atoms with Crippen molar-refractivity contribution in [1.82, 2.24) is 10.2 Å². The van der Waals surface area contributed by atoms with Gasteiger partial charge in [0.2, 0.25) is 5.89 Å². The van der Waals surface area contributed by atoms with Crippen LogP contribution >= 0.6 is 11.6 Å². The summed E-state index contributed by atoms with van der Waals surface area (Å²) >= 11 is 5.85. The van der Waals surface area contributed by atoms with Gasteiger partial charge in [-0.3, -0.25) is 0 Å². The summed E-state index contributed by atoms with van der Waals surface area (Å²) in [6, 6.07) is 12.3. The summed E-state index contributed by atoms with van der Waals surface area (Å²) < 4.78 is 21.0. The number of hydrogen-bond acceptors (Lipinski definition) is 7. The second-order valence-electron chi connectivity index (χ2n) is 5.56. The fourth-order valence-corrected chi connectivity index (χ4v) is 2.45. The number of carbonyl (C=O) groups is 1. The van der Waals surface area contributed by atoms with Crippen LogP contribution in [0, 0.1) is 0 Å². The number of esters is 1. The molecule has 0 aliphatic rings. The molecule has 1 aromatic heterocycles. The molecule has 0 bridgehead atoms. The highest BCUT2D eigenvalue weighted by Gasteiger charge is 2.10. The summed E-state index contributed by atoms with van der Waals surface area (Å²) in [6.07, 6.45) is 2.91. The van der Waals surface area contributed by atoms with Gasteiger partial charge in [0.1, 0.15) is 0 Å². The molecule has 28 heavy (non-hydrogen) atoms. The Hall–Kier alpha value is -3.32. The van der Waals surface area contributed by atoms with Crippen LogP contribution in [0.25, 0.3) is 17.5 Å². The van der Waals surface area contributed by atoms with Crippen LogP contribution in [0.5, 0.6) is 11.5 Å². The van der Waals surface area contributed by atoms with E-state index < -0.39 is 5.97 Å². The molecule has 0 saturated heterocycles. The Labute approximate surface area is 166 Å². The van der Waals surface area contributed by atoms with E-state index in [0.717, 1.165) is 11.1 Å². The molecule has 1 heterocycles. The van der Waals surface area contributed by atoms with Gasteiger partial charge in [-0.1, -0.05) is 17.7 Å². The first-order valence-electron chi connectivity index (χ1n) is 8.24. The number of benzene rings is 2. The van der Waals surface area contributed by atoms with Crippen LogP contribution < -0.4 is 9.47 Å². The van der Waals surface area contributed by atoms with E-state index in [4.69, 9.17) is 30.2 Å². The summed E-state index contributed by atoms with van der Waals surface area (Å²) in [4.78, 5) is 11.9. The molecular formula is C20H17ClN2O5. The van der Waals surface area contributed by atoms with Crippen molar-refractivity contribution >= 4 is 23.6 Å². The lowest BCUT2D eigenvalue weighted by atomic mass is 10.2. The fourth-order valence-electron chi connectivity index (χ4n) is 2.32. The highest BCUT2D eigenvalue weighted by atomic mass is 35.5. The number of halogens is 1. The topological polar surface area (TPSA) is 83.7 Å². The Morgan fingerprint density at radius 3 is 2.54 bits per heavy atom. The number of rotatable bonds is 7. The number of methoxy groups -OCH3 is 2. The first kappa shape index (κ1) is 19.4. The molecule has 2 aromatic carbocycles. The molecule has 7 nitrogen and oxygen atoms in total. The van der Waals surface area contributed by atoms with E-state index in [2.05, 4.69) is 10.2 Å². The summed E-state index contributed by atoms with van der Waals surface area (Å²) in [5, 5.41) is 8.40. The van der Waals surface area contributed by atoms with E-state index in [1.54, 1.807) is 62.8 Å². The highest BCUT2D eigenvalue weighted by molar-refractivity contribution is 6.30. The Morgan fingerprint density at radius 1 is 1.07 bits per heavy atom. The molecule has 0 fully saturated rings. The average Bonchev–Trinajstić information content (AvgIpc) is 3.20. The molecule has 3 rings (SSSR count). The first-order valence-corrected chi connectivity index (χ1v) is 8.62. The number of aromatic nitrogens is 2. The monoisotopic (exact) mass is 400 g/mol. The van der Waals surface area contributed by atoms with E-state index in [1.807, 2.05) is 0 Å². The minimum atomic E-state index is -0.541. The zero-order chi connectivity index (χ0) is 19.9. The first-order chi connectivity index (χ1) is 13.6. The maximum absolute atomic E-state index is 11.9. The van der Waals surface area contributed by atoms with Gasteiger partial charge in [-0.2, -0.15) is 0 Å². The van der Waals surface area contributed by atoms with Gasteiger partial charge < -0.3 is 18.6 Å². The van der Waals surface area contributed by atoms with Crippen molar-refractivity contribution < 1.29 is 23.4 Å². The van der Waals surface area contributed by atoms with Gasteiger partial charge in [0, 0.05) is 16.7 Å². The lowest BCUT2D eigenvalue weighted by Gasteiger charge is -2.07. The fraction of sp³-hybridized carbons (Fsp3) is 0.150. The molecule has 0 aliphatic heterocycles. The summed E-state index contributed by atoms with van der Waals surface area (Å²) in [5.41, 5.74) is 1.49. The average molecular weight is 401 g/mol. The van der Waals surface area contributed by atoms with Crippen molar-refractivity contribution in [3.05, 3.63) is 65.0 Å². The van der Waals surface area contributed by atoms with E-state index in [9.17, 15) is 4.79 Å². The lowest BCUT2D eigenvalue weighted by molar-refractivity contribution is -0.139. The normalized spacial score (nSPS) is 10.8. The zero-order valence-corrected chi connectivity index (χ0v) is 16.0. The number of hydrogen-bond donors (Lipinski definition) is 0. The van der Waals surface area contributed by atoms with Crippen LogP contribution in [0.3, 0.4) is 0 Å². The molecule has 0 aliphatic carbocycles. The van der Waals surface area contributed by atoms with Gasteiger partial charge in [0.05, 0.1) is 14.2 Å². The van der Waals surface area contributed by atoms with Crippen LogP contribution in [-0.2, 0) is 16.1 Å². The van der Waals surface area contributed by atoms with Crippen molar-refractivity contribution in [2.75, 3.05) is 14.2 Å². The zero-order valence-electron chi connectivity index (χ0n) is 15.2. The Bertz CT molecular complexity index is 983. The molecule has 0 radical (unpaired) electrons. The summed E-state index contributed by atoms with van der Waals surface area (Å²) in [6.45, 7) is -0.129. The predicted molar refractivity (Wildman–Crippen MR) is 103 cm³/mol. The standard InChI is InChI=1S/C20H17ClN2O5/c1-25-16-9-3-13(11-17(16)26-2)4-10-19(24)27-12-18-22-23-20(28-18)14-5-7-15(21)8-6-14/h3-11H,12H2,1-2H3/b10-4+. The molecule has 8 heteroatoms. The van der Waals surface area contributed by atoms with Gasteiger partial charge in [-0.15, -0.1) is 10.2 Å². The largest absolute Gasteiger partial charge is 0.493 e. The van der Waals surface area contributed by atoms with Crippen LogP contribution in [-0.4, -0.2) is 30.4 Å². The second-order valence-corrected chi connectivity index (χ2v) is 6.00. The van der Waals surface area contributed by atoms with Crippen LogP contribution in [0.2, 0.25) is 5.02 Å².